The summed E-state index contributed by atoms with van der Waals surface area (Å²) in [5.41, 5.74) is 0.839. The minimum atomic E-state index is -3.72. The number of nitrogens with zero attached hydrogens (tertiary/aromatic N) is 2. The number of unbranched alkanes of at least 4 members (excludes halogenated alkanes) is 1. The number of amides is 1. The monoisotopic (exact) mass is 398 g/mol. The van der Waals surface area contributed by atoms with Crippen molar-refractivity contribution in [1.82, 2.24) is 9.78 Å². The van der Waals surface area contributed by atoms with Crippen molar-refractivity contribution < 1.29 is 13.2 Å². The molecule has 3 aromatic rings. The van der Waals surface area contributed by atoms with Crippen molar-refractivity contribution in [3.05, 3.63) is 72.4 Å². The smallest absolute Gasteiger partial charge is 0.261 e. The molecule has 0 bridgehead atoms. The van der Waals surface area contributed by atoms with Crippen LogP contribution in [0.3, 0.4) is 0 Å². The number of aryl methyl sites for hydroxylation is 1. The number of aromatic nitrogens is 2. The molecule has 0 aliphatic heterocycles. The molecule has 0 aliphatic carbocycles. The molecule has 0 unspecified atom stereocenters. The van der Waals surface area contributed by atoms with Crippen LogP contribution in [0.4, 0.5) is 11.5 Å². The summed E-state index contributed by atoms with van der Waals surface area (Å²) in [5, 5.41) is 7.01. The van der Waals surface area contributed by atoms with Gasteiger partial charge in [-0.3, -0.25) is 9.52 Å². The largest absolute Gasteiger partial charge is 0.307 e. The molecule has 0 atom stereocenters. The Morgan fingerprint density at radius 1 is 1.04 bits per heavy atom. The van der Waals surface area contributed by atoms with Gasteiger partial charge in [0.1, 0.15) is 5.82 Å². The summed E-state index contributed by atoms with van der Waals surface area (Å²) in [7, 11) is -3.72. The molecule has 3 rings (SSSR count). The Kier molecular flexibility index (Phi) is 6.10. The Hall–Kier alpha value is -3.13. The van der Waals surface area contributed by atoms with Gasteiger partial charge in [0.05, 0.1) is 11.1 Å². The van der Waals surface area contributed by atoms with E-state index in [1.807, 2.05) is 0 Å². The second-order valence-corrected chi connectivity index (χ2v) is 7.93. The van der Waals surface area contributed by atoms with E-state index in [9.17, 15) is 13.2 Å². The summed E-state index contributed by atoms with van der Waals surface area (Å²) in [4.78, 5) is 12.6. The van der Waals surface area contributed by atoms with Crippen LogP contribution in [-0.4, -0.2) is 24.1 Å². The van der Waals surface area contributed by atoms with E-state index in [-0.39, 0.29) is 10.8 Å². The molecule has 0 spiro atoms. The fourth-order valence-electron chi connectivity index (χ4n) is 2.62. The average Bonchev–Trinajstić information content (AvgIpc) is 3.13. The number of carbonyl (C=O) groups is 1. The fraction of sp³-hybridized carbons (Fsp3) is 0.200. The second-order valence-electron chi connectivity index (χ2n) is 6.24. The summed E-state index contributed by atoms with van der Waals surface area (Å²) < 4.78 is 29.2. The quantitative estimate of drug-likeness (QED) is 0.604. The van der Waals surface area contributed by atoms with Gasteiger partial charge in [0.2, 0.25) is 0 Å². The number of anilines is 2. The number of sulfonamides is 1. The van der Waals surface area contributed by atoms with Gasteiger partial charge in [-0.25, -0.2) is 13.1 Å². The van der Waals surface area contributed by atoms with Crippen LogP contribution in [0.25, 0.3) is 0 Å². The van der Waals surface area contributed by atoms with Crippen molar-refractivity contribution in [3.63, 3.8) is 0 Å². The summed E-state index contributed by atoms with van der Waals surface area (Å²) in [6.07, 6.45) is 3.63. The van der Waals surface area contributed by atoms with E-state index in [1.165, 1.54) is 24.3 Å². The summed E-state index contributed by atoms with van der Waals surface area (Å²) in [5.74, 6) is 0.291. The van der Waals surface area contributed by atoms with Gasteiger partial charge in [-0.2, -0.15) is 5.10 Å². The van der Waals surface area contributed by atoms with E-state index < -0.39 is 10.0 Å². The summed E-state index contributed by atoms with van der Waals surface area (Å²) in [6.45, 7) is 2.81. The van der Waals surface area contributed by atoms with Crippen molar-refractivity contribution >= 4 is 27.4 Å². The first kappa shape index (κ1) is 19.6. The zero-order valence-electron chi connectivity index (χ0n) is 15.5. The number of rotatable bonds is 8. The molecule has 0 saturated heterocycles. The van der Waals surface area contributed by atoms with Gasteiger partial charge in [-0.1, -0.05) is 31.5 Å². The summed E-state index contributed by atoms with van der Waals surface area (Å²) in [6, 6.07) is 16.2. The maximum Gasteiger partial charge on any atom is 0.261 e. The molecule has 0 fully saturated rings. The maximum absolute atomic E-state index is 12.5. The minimum absolute atomic E-state index is 0.0842. The highest BCUT2D eigenvalue weighted by Gasteiger charge is 2.16. The molecule has 0 radical (unpaired) electrons. The van der Waals surface area contributed by atoms with Crippen LogP contribution >= 0.6 is 0 Å². The molecule has 2 aromatic carbocycles. The predicted molar refractivity (Wildman–Crippen MR) is 109 cm³/mol. The van der Waals surface area contributed by atoms with E-state index in [0.717, 1.165) is 19.4 Å². The lowest BCUT2D eigenvalue weighted by Gasteiger charge is -2.10. The third-order valence-electron chi connectivity index (χ3n) is 4.13. The van der Waals surface area contributed by atoms with Crippen molar-refractivity contribution in [1.29, 1.82) is 0 Å². The van der Waals surface area contributed by atoms with Crippen LogP contribution in [0.5, 0.6) is 0 Å². The number of nitrogens with one attached hydrogen (secondary N) is 2. The molecule has 7 nitrogen and oxygen atoms in total. The van der Waals surface area contributed by atoms with Gasteiger partial charge in [0, 0.05) is 23.9 Å². The van der Waals surface area contributed by atoms with Gasteiger partial charge < -0.3 is 5.32 Å². The number of hydrogen-bond acceptors (Lipinski definition) is 4. The SMILES string of the molecule is CCCCn1nccc1NC(=O)c1ccc(S(=O)(=O)Nc2ccccc2)cc1. The van der Waals surface area contributed by atoms with E-state index in [4.69, 9.17) is 0 Å². The average molecular weight is 398 g/mol. The van der Waals surface area contributed by atoms with Crippen LogP contribution in [0.15, 0.2) is 71.8 Å². The molecule has 8 heteroatoms. The van der Waals surface area contributed by atoms with Crippen LogP contribution in [0.1, 0.15) is 30.1 Å². The molecular weight excluding hydrogens is 376 g/mol. The van der Waals surface area contributed by atoms with Gasteiger partial charge in [0.15, 0.2) is 0 Å². The Morgan fingerprint density at radius 3 is 2.43 bits per heavy atom. The van der Waals surface area contributed by atoms with Crippen LogP contribution in [0, 0.1) is 0 Å². The summed E-state index contributed by atoms with van der Waals surface area (Å²) >= 11 is 0. The molecule has 0 aliphatic rings. The van der Waals surface area contributed by atoms with Crippen LogP contribution in [0.2, 0.25) is 0 Å². The molecule has 146 valence electrons. The predicted octanol–water partition coefficient (Wildman–Crippen LogP) is 3.74. The Labute approximate surface area is 164 Å². The molecule has 0 saturated carbocycles. The molecule has 1 amide bonds. The van der Waals surface area contributed by atoms with Crippen molar-refractivity contribution in [2.75, 3.05) is 10.0 Å². The zero-order chi connectivity index (χ0) is 20.0. The molecule has 2 N–H and O–H groups in total. The Balaban J connectivity index is 1.70. The third kappa shape index (κ3) is 4.77. The Bertz CT molecular complexity index is 1030. The standard InChI is InChI=1S/C20H22N4O3S/c1-2-3-15-24-19(13-14-21-24)22-20(25)16-9-11-18(12-10-16)28(26,27)23-17-7-5-4-6-8-17/h4-14,23H,2-3,15H2,1H3,(H,22,25). The van der Waals surface area contributed by atoms with E-state index in [1.54, 1.807) is 47.3 Å². The number of para-hydroxylation sites is 1. The van der Waals surface area contributed by atoms with Crippen molar-refractivity contribution in [2.45, 2.75) is 31.2 Å². The van der Waals surface area contributed by atoms with E-state index in [0.29, 0.717) is 17.1 Å². The fourth-order valence-corrected chi connectivity index (χ4v) is 3.68. The third-order valence-corrected chi connectivity index (χ3v) is 5.53. The highest BCUT2D eigenvalue weighted by Crippen LogP contribution is 2.17. The van der Waals surface area contributed by atoms with E-state index >= 15 is 0 Å². The molecule has 1 heterocycles. The lowest BCUT2D eigenvalue weighted by atomic mass is 10.2. The number of benzene rings is 2. The number of carbonyl (C=O) groups excluding carboxylic acids is 1. The molecule has 28 heavy (non-hydrogen) atoms. The topological polar surface area (TPSA) is 93.1 Å². The van der Waals surface area contributed by atoms with Gasteiger partial charge >= 0.3 is 0 Å². The first-order chi connectivity index (χ1) is 13.5. The Morgan fingerprint density at radius 2 is 1.75 bits per heavy atom. The minimum Gasteiger partial charge on any atom is -0.307 e. The van der Waals surface area contributed by atoms with Crippen LogP contribution in [-0.2, 0) is 16.6 Å². The highest BCUT2D eigenvalue weighted by molar-refractivity contribution is 7.92. The second kappa shape index (κ2) is 8.71. The zero-order valence-corrected chi connectivity index (χ0v) is 16.3. The van der Waals surface area contributed by atoms with E-state index in [2.05, 4.69) is 22.1 Å². The first-order valence-electron chi connectivity index (χ1n) is 9.00. The lowest BCUT2D eigenvalue weighted by Crippen LogP contribution is -2.17. The first-order valence-corrected chi connectivity index (χ1v) is 10.5. The number of hydrogen-bond donors (Lipinski definition) is 2. The molecule has 1 aromatic heterocycles. The van der Waals surface area contributed by atoms with Crippen LogP contribution < -0.4 is 10.0 Å². The van der Waals surface area contributed by atoms with Crippen molar-refractivity contribution in [3.8, 4) is 0 Å². The van der Waals surface area contributed by atoms with Crippen molar-refractivity contribution in [2.24, 2.45) is 0 Å². The highest BCUT2D eigenvalue weighted by atomic mass is 32.2. The van der Waals surface area contributed by atoms with Gasteiger partial charge in [0.25, 0.3) is 15.9 Å². The lowest BCUT2D eigenvalue weighted by molar-refractivity contribution is 0.102. The normalized spacial score (nSPS) is 11.2. The van der Waals surface area contributed by atoms with Gasteiger partial charge in [-0.15, -0.1) is 0 Å². The molecular formula is C20H22N4O3S. The van der Waals surface area contributed by atoms with Gasteiger partial charge in [-0.05, 0) is 42.8 Å². The maximum atomic E-state index is 12.5.